The van der Waals surface area contributed by atoms with Crippen molar-refractivity contribution in [3.05, 3.63) is 33.6 Å². The van der Waals surface area contributed by atoms with Gasteiger partial charge in [0.15, 0.2) is 0 Å². The van der Waals surface area contributed by atoms with Crippen LogP contribution in [0.5, 0.6) is 0 Å². The topological polar surface area (TPSA) is 32.3 Å². The number of hydrogen-bond donors (Lipinski definition) is 1. The number of rotatable bonds is 5. The molecular formula is C19H25Cl2FN2OS. The zero-order chi connectivity index (χ0) is 18.9. The standard InChI is InChI=1S/C19H25Cl2FN2OS/c1-19(8-3-4-9-19)17(15-14(22)6-5-13(20)16(15)21)23-18(25)12-7-10-24(11-12)26-2/h5-6,12,17H,3-4,7-11H2,1-2H3,(H,23,25). The van der Waals surface area contributed by atoms with E-state index in [2.05, 4.69) is 16.5 Å². The lowest BCUT2D eigenvalue weighted by atomic mass is 9.76. The maximum atomic E-state index is 14.7. The largest absolute Gasteiger partial charge is 0.348 e. The number of nitrogens with zero attached hydrogens (tertiary/aromatic N) is 1. The molecule has 1 heterocycles. The van der Waals surface area contributed by atoms with E-state index < -0.39 is 11.9 Å². The summed E-state index contributed by atoms with van der Waals surface area (Å²) in [4.78, 5) is 13.0. The van der Waals surface area contributed by atoms with Crippen molar-refractivity contribution in [2.45, 2.75) is 45.1 Å². The highest BCUT2D eigenvalue weighted by atomic mass is 35.5. The fraction of sp³-hybridized carbons (Fsp3) is 0.632. The molecule has 1 aliphatic heterocycles. The first-order valence-corrected chi connectivity index (χ1v) is 11.0. The van der Waals surface area contributed by atoms with Gasteiger partial charge in [0.2, 0.25) is 5.91 Å². The highest BCUT2D eigenvalue weighted by molar-refractivity contribution is 7.96. The summed E-state index contributed by atoms with van der Waals surface area (Å²) in [5.74, 6) is -0.499. The monoisotopic (exact) mass is 418 g/mol. The van der Waals surface area contributed by atoms with Crippen LogP contribution in [-0.4, -0.2) is 29.6 Å². The number of benzene rings is 1. The van der Waals surface area contributed by atoms with Crippen molar-refractivity contribution in [3.63, 3.8) is 0 Å². The average Bonchev–Trinajstić information content (AvgIpc) is 3.27. The van der Waals surface area contributed by atoms with Crippen LogP contribution in [0.15, 0.2) is 12.1 Å². The first kappa shape index (κ1) is 20.2. The van der Waals surface area contributed by atoms with Gasteiger partial charge in [-0.1, -0.05) is 54.9 Å². The van der Waals surface area contributed by atoms with Gasteiger partial charge in [-0.05, 0) is 43.1 Å². The number of halogens is 3. The molecular weight excluding hydrogens is 394 g/mol. The second-order valence-electron chi connectivity index (χ2n) is 7.62. The van der Waals surface area contributed by atoms with Crippen molar-refractivity contribution in [3.8, 4) is 0 Å². The number of amides is 1. The predicted molar refractivity (Wildman–Crippen MR) is 107 cm³/mol. The zero-order valence-electron chi connectivity index (χ0n) is 15.2. The van der Waals surface area contributed by atoms with Crippen molar-refractivity contribution >= 4 is 41.1 Å². The third-order valence-corrected chi connectivity index (χ3v) is 7.54. The molecule has 0 bridgehead atoms. The Balaban J connectivity index is 1.90. The summed E-state index contributed by atoms with van der Waals surface area (Å²) in [6.45, 7) is 3.74. The Bertz CT molecular complexity index is 682. The van der Waals surface area contributed by atoms with E-state index in [1.165, 1.54) is 12.1 Å². The molecule has 2 aliphatic rings. The molecule has 0 radical (unpaired) electrons. The van der Waals surface area contributed by atoms with Crippen molar-refractivity contribution in [2.75, 3.05) is 19.3 Å². The van der Waals surface area contributed by atoms with Gasteiger partial charge in [0.25, 0.3) is 0 Å². The number of carbonyl (C=O) groups is 1. The lowest BCUT2D eigenvalue weighted by molar-refractivity contribution is -0.126. The van der Waals surface area contributed by atoms with E-state index in [1.807, 2.05) is 6.26 Å². The predicted octanol–water partition coefficient (Wildman–Crippen LogP) is 5.47. The van der Waals surface area contributed by atoms with Crippen molar-refractivity contribution in [1.29, 1.82) is 0 Å². The van der Waals surface area contributed by atoms with Crippen molar-refractivity contribution < 1.29 is 9.18 Å². The van der Waals surface area contributed by atoms with Gasteiger partial charge in [-0.25, -0.2) is 4.39 Å². The maximum absolute atomic E-state index is 14.7. The van der Waals surface area contributed by atoms with Gasteiger partial charge in [-0.2, -0.15) is 0 Å². The molecule has 1 aliphatic carbocycles. The van der Waals surface area contributed by atoms with Gasteiger partial charge >= 0.3 is 0 Å². The Labute approximate surface area is 169 Å². The molecule has 1 N–H and O–H groups in total. The summed E-state index contributed by atoms with van der Waals surface area (Å²) < 4.78 is 16.9. The van der Waals surface area contributed by atoms with E-state index >= 15 is 0 Å². The van der Waals surface area contributed by atoms with Crippen LogP contribution in [0.2, 0.25) is 10.0 Å². The Morgan fingerprint density at radius 1 is 1.38 bits per heavy atom. The summed E-state index contributed by atoms with van der Waals surface area (Å²) in [7, 11) is 0. The molecule has 3 rings (SSSR count). The van der Waals surface area contributed by atoms with Gasteiger partial charge < -0.3 is 5.32 Å². The minimum absolute atomic E-state index is 0.0184. The SMILES string of the molecule is CSN1CCC(C(=O)NC(c2c(F)ccc(Cl)c2Cl)C2(C)CCCC2)C1. The normalized spacial score (nSPS) is 24.0. The molecule has 26 heavy (non-hydrogen) atoms. The minimum Gasteiger partial charge on any atom is -0.348 e. The lowest BCUT2D eigenvalue weighted by Crippen LogP contribution is -2.42. The quantitative estimate of drug-likeness (QED) is 0.508. The van der Waals surface area contributed by atoms with Crippen LogP contribution in [-0.2, 0) is 4.79 Å². The van der Waals surface area contributed by atoms with Gasteiger partial charge in [0, 0.05) is 18.7 Å². The molecule has 1 amide bonds. The summed E-state index contributed by atoms with van der Waals surface area (Å²) in [5, 5.41) is 3.68. The molecule has 144 valence electrons. The van der Waals surface area contributed by atoms with Crippen LogP contribution in [0.4, 0.5) is 4.39 Å². The lowest BCUT2D eigenvalue weighted by Gasteiger charge is -2.36. The smallest absolute Gasteiger partial charge is 0.224 e. The number of nitrogens with one attached hydrogen (secondary N) is 1. The Hall–Kier alpha value is -0.490. The van der Waals surface area contributed by atoms with Crippen molar-refractivity contribution in [2.24, 2.45) is 11.3 Å². The number of hydrogen-bond acceptors (Lipinski definition) is 3. The molecule has 2 atom stereocenters. The summed E-state index contributed by atoms with van der Waals surface area (Å²) in [5.41, 5.74) is 0.111. The molecule has 0 spiro atoms. The minimum atomic E-state index is -0.466. The second-order valence-corrected chi connectivity index (χ2v) is 9.28. The summed E-state index contributed by atoms with van der Waals surface area (Å²) in [6, 6.07) is 2.34. The highest BCUT2D eigenvalue weighted by Gasteiger charge is 2.42. The molecule has 1 aromatic carbocycles. The van der Waals surface area contributed by atoms with Crippen LogP contribution in [0, 0.1) is 17.2 Å². The molecule has 1 aromatic rings. The fourth-order valence-electron chi connectivity index (χ4n) is 4.24. The first-order valence-electron chi connectivity index (χ1n) is 9.08. The highest BCUT2D eigenvalue weighted by Crippen LogP contribution is 2.50. The number of carbonyl (C=O) groups excluding carboxylic acids is 1. The van der Waals surface area contributed by atoms with Crippen LogP contribution in [0.1, 0.15) is 50.6 Å². The third-order valence-electron chi connectivity index (χ3n) is 5.88. The fourth-order valence-corrected chi connectivity index (χ4v) is 5.29. The van der Waals surface area contributed by atoms with Gasteiger partial charge in [0.1, 0.15) is 5.82 Å². The van der Waals surface area contributed by atoms with Crippen LogP contribution >= 0.6 is 35.1 Å². The molecule has 1 saturated carbocycles. The molecule has 7 heteroatoms. The van der Waals surface area contributed by atoms with E-state index in [0.717, 1.165) is 45.2 Å². The van der Waals surface area contributed by atoms with Gasteiger partial charge in [0.05, 0.1) is 22.0 Å². The van der Waals surface area contributed by atoms with E-state index in [4.69, 9.17) is 23.2 Å². The van der Waals surface area contributed by atoms with E-state index in [9.17, 15) is 9.18 Å². The molecule has 3 nitrogen and oxygen atoms in total. The van der Waals surface area contributed by atoms with Crippen LogP contribution in [0.3, 0.4) is 0 Å². The Morgan fingerprint density at radius 3 is 2.69 bits per heavy atom. The Morgan fingerprint density at radius 2 is 2.08 bits per heavy atom. The Kier molecular flexibility index (Phi) is 6.43. The molecule has 2 unspecified atom stereocenters. The summed E-state index contributed by atoms with van der Waals surface area (Å²) >= 11 is 14.2. The summed E-state index contributed by atoms with van der Waals surface area (Å²) in [6.07, 6.45) is 6.86. The van der Waals surface area contributed by atoms with E-state index in [0.29, 0.717) is 10.6 Å². The van der Waals surface area contributed by atoms with E-state index in [-0.39, 0.29) is 22.3 Å². The van der Waals surface area contributed by atoms with Gasteiger partial charge in [-0.15, -0.1) is 0 Å². The van der Waals surface area contributed by atoms with Gasteiger partial charge in [-0.3, -0.25) is 9.10 Å². The average molecular weight is 419 g/mol. The maximum Gasteiger partial charge on any atom is 0.224 e. The molecule has 1 saturated heterocycles. The van der Waals surface area contributed by atoms with Crippen molar-refractivity contribution in [1.82, 2.24) is 9.62 Å². The zero-order valence-corrected chi connectivity index (χ0v) is 17.5. The second kappa shape index (κ2) is 8.26. The van der Waals surface area contributed by atoms with Crippen LogP contribution < -0.4 is 5.32 Å². The van der Waals surface area contributed by atoms with E-state index in [1.54, 1.807) is 11.9 Å². The third kappa shape index (κ3) is 4.01. The first-order chi connectivity index (χ1) is 12.4. The molecule has 0 aromatic heterocycles. The van der Waals surface area contributed by atoms with Crippen LogP contribution in [0.25, 0.3) is 0 Å². The molecule has 2 fully saturated rings.